The van der Waals surface area contributed by atoms with Gasteiger partial charge in [-0.1, -0.05) is 6.92 Å². The van der Waals surface area contributed by atoms with Crippen LogP contribution < -0.4 is 5.73 Å². The van der Waals surface area contributed by atoms with Gasteiger partial charge in [-0.15, -0.1) is 0 Å². The van der Waals surface area contributed by atoms with E-state index in [-0.39, 0.29) is 17.5 Å². The molecule has 2 N–H and O–H groups in total. The van der Waals surface area contributed by atoms with E-state index in [1.165, 1.54) is 12.1 Å². The number of nitrogens with two attached hydrogens (primary N) is 1. The van der Waals surface area contributed by atoms with Crippen LogP contribution in [0, 0.1) is 11.7 Å². The fourth-order valence-corrected chi connectivity index (χ4v) is 3.34. The summed E-state index contributed by atoms with van der Waals surface area (Å²) >= 11 is 0. The number of aromatic nitrogens is 2. The Hall–Kier alpha value is -2.34. The first-order valence-corrected chi connectivity index (χ1v) is 8.19. The molecule has 24 heavy (non-hydrogen) atoms. The summed E-state index contributed by atoms with van der Waals surface area (Å²) in [7, 11) is 0. The molecule has 6 heteroatoms. The number of hydrogen-bond acceptors (Lipinski definition) is 4. The maximum Gasteiger partial charge on any atom is 0.255 e. The SMILES string of the molecule is C[C@@H]1CCCN(C(=O)c2cc(F)ccc2-c2ncccn2)[C@@H]1CN. The highest BCUT2D eigenvalue weighted by atomic mass is 19.1. The lowest BCUT2D eigenvalue weighted by atomic mass is 9.90. The van der Waals surface area contributed by atoms with Crippen LogP contribution in [0.4, 0.5) is 4.39 Å². The Morgan fingerprint density at radius 1 is 1.38 bits per heavy atom. The number of carbonyl (C=O) groups is 1. The Kier molecular flexibility index (Phi) is 4.85. The average Bonchev–Trinajstić information content (AvgIpc) is 2.61. The summed E-state index contributed by atoms with van der Waals surface area (Å²) < 4.78 is 13.8. The van der Waals surface area contributed by atoms with Gasteiger partial charge in [0.15, 0.2) is 5.82 Å². The minimum Gasteiger partial charge on any atom is -0.334 e. The molecule has 5 nitrogen and oxygen atoms in total. The molecule has 0 radical (unpaired) electrons. The quantitative estimate of drug-likeness (QED) is 0.939. The Balaban J connectivity index is 2.02. The van der Waals surface area contributed by atoms with Gasteiger partial charge in [0.05, 0.1) is 5.56 Å². The van der Waals surface area contributed by atoms with Gasteiger partial charge in [0, 0.05) is 37.1 Å². The molecular formula is C18H21FN4O. The van der Waals surface area contributed by atoms with Crippen LogP contribution in [0.5, 0.6) is 0 Å². The fourth-order valence-electron chi connectivity index (χ4n) is 3.34. The zero-order valence-corrected chi connectivity index (χ0v) is 13.7. The van der Waals surface area contributed by atoms with Crippen molar-refractivity contribution in [2.75, 3.05) is 13.1 Å². The van der Waals surface area contributed by atoms with Crippen molar-refractivity contribution in [3.63, 3.8) is 0 Å². The number of carbonyl (C=O) groups excluding carboxylic acids is 1. The molecule has 0 spiro atoms. The van der Waals surface area contributed by atoms with Gasteiger partial charge in [-0.3, -0.25) is 4.79 Å². The number of rotatable bonds is 3. The van der Waals surface area contributed by atoms with E-state index in [0.29, 0.717) is 30.4 Å². The number of benzene rings is 1. The third-order valence-electron chi connectivity index (χ3n) is 4.64. The smallest absolute Gasteiger partial charge is 0.255 e. The van der Waals surface area contributed by atoms with Gasteiger partial charge >= 0.3 is 0 Å². The molecule has 1 fully saturated rings. The van der Waals surface area contributed by atoms with Crippen LogP contribution in [-0.2, 0) is 0 Å². The van der Waals surface area contributed by atoms with Gasteiger partial charge < -0.3 is 10.6 Å². The molecule has 1 aliphatic heterocycles. The Morgan fingerprint density at radius 2 is 2.12 bits per heavy atom. The van der Waals surface area contributed by atoms with Crippen molar-refractivity contribution in [1.29, 1.82) is 0 Å². The highest BCUT2D eigenvalue weighted by Gasteiger charge is 2.32. The zero-order chi connectivity index (χ0) is 17.1. The Morgan fingerprint density at radius 3 is 2.83 bits per heavy atom. The lowest BCUT2D eigenvalue weighted by Gasteiger charge is -2.39. The first-order chi connectivity index (χ1) is 11.6. The van der Waals surface area contributed by atoms with Gasteiger partial charge in [0.2, 0.25) is 0 Å². The summed E-state index contributed by atoms with van der Waals surface area (Å²) in [5, 5.41) is 0. The lowest BCUT2D eigenvalue weighted by molar-refractivity contribution is 0.0533. The van der Waals surface area contributed by atoms with Gasteiger partial charge in [0.25, 0.3) is 5.91 Å². The van der Waals surface area contributed by atoms with Crippen molar-refractivity contribution < 1.29 is 9.18 Å². The maximum atomic E-state index is 13.8. The van der Waals surface area contributed by atoms with Crippen LogP contribution in [0.1, 0.15) is 30.1 Å². The van der Waals surface area contributed by atoms with Crippen molar-refractivity contribution in [2.45, 2.75) is 25.8 Å². The summed E-state index contributed by atoms with van der Waals surface area (Å²) in [6, 6.07) is 5.82. The van der Waals surface area contributed by atoms with E-state index in [1.54, 1.807) is 29.4 Å². The van der Waals surface area contributed by atoms with E-state index in [9.17, 15) is 9.18 Å². The van der Waals surface area contributed by atoms with Crippen LogP contribution in [0.15, 0.2) is 36.7 Å². The minimum atomic E-state index is -0.451. The monoisotopic (exact) mass is 328 g/mol. The predicted molar refractivity (Wildman–Crippen MR) is 89.7 cm³/mol. The number of nitrogens with zero attached hydrogens (tertiary/aromatic N) is 3. The van der Waals surface area contributed by atoms with Crippen molar-refractivity contribution in [1.82, 2.24) is 14.9 Å². The molecule has 0 unspecified atom stereocenters. The van der Waals surface area contributed by atoms with Gasteiger partial charge in [0.1, 0.15) is 5.82 Å². The molecule has 1 amide bonds. The highest BCUT2D eigenvalue weighted by molar-refractivity contribution is 6.00. The van der Waals surface area contributed by atoms with Crippen LogP contribution in [0.3, 0.4) is 0 Å². The van der Waals surface area contributed by atoms with E-state index in [0.717, 1.165) is 12.8 Å². The van der Waals surface area contributed by atoms with Crippen LogP contribution in [0.2, 0.25) is 0 Å². The second-order valence-corrected chi connectivity index (χ2v) is 6.18. The largest absolute Gasteiger partial charge is 0.334 e. The normalized spacial score (nSPS) is 20.9. The molecule has 3 rings (SSSR count). The van der Waals surface area contributed by atoms with Gasteiger partial charge in [-0.25, -0.2) is 14.4 Å². The second-order valence-electron chi connectivity index (χ2n) is 6.18. The molecular weight excluding hydrogens is 307 g/mol. The molecule has 0 bridgehead atoms. The summed E-state index contributed by atoms with van der Waals surface area (Å²) in [5.74, 6) is 0.0826. The van der Waals surface area contributed by atoms with Crippen molar-refractivity contribution >= 4 is 5.91 Å². The zero-order valence-electron chi connectivity index (χ0n) is 13.7. The number of amides is 1. The first-order valence-electron chi connectivity index (χ1n) is 8.19. The highest BCUT2D eigenvalue weighted by Crippen LogP contribution is 2.28. The average molecular weight is 328 g/mol. The summed E-state index contributed by atoms with van der Waals surface area (Å²) in [5.41, 5.74) is 6.71. The molecule has 2 aromatic rings. The number of hydrogen-bond donors (Lipinski definition) is 1. The van der Waals surface area contributed by atoms with Crippen LogP contribution in [0.25, 0.3) is 11.4 Å². The number of halogens is 1. The van der Waals surface area contributed by atoms with E-state index >= 15 is 0 Å². The third-order valence-corrected chi connectivity index (χ3v) is 4.64. The lowest BCUT2D eigenvalue weighted by Crippen LogP contribution is -2.51. The summed E-state index contributed by atoms with van der Waals surface area (Å²) in [6.45, 7) is 3.14. The summed E-state index contributed by atoms with van der Waals surface area (Å²) in [4.78, 5) is 23.3. The second kappa shape index (κ2) is 7.05. The third kappa shape index (κ3) is 3.14. The first kappa shape index (κ1) is 16.5. The van der Waals surface area contributed by atoms with E-state index < -0.39 is 5.82 Å². The summed E-state index contributed by atoms with van der Waals surface area (Å²) in [6.07, 6.45) is 5.18. The standard InChI is InChI=1S/C18H21FN4O/c1-12-4-2-9-23(16(12)11-20)18(24)15-10-13(19)5-6-14(15)17-21-7-3-8-22-17/h3,5-8,10,12,16H,2,4,9,11,20H2,1H3/t12-,16-/m1/s1. The molecule has 1 saturated heterocycles. The van der Waals surface area contributed by atoms with Gasteiger partial charge in [-0.05, 0) is 43.0 Å². The molecule has 0 saturated carbocycles. The van der Waals surface area contributed by atoms with Gasteiger partial charge in [-0.2, -0.15) is 0 Å². The van der Waals surface area contributed by atoms with Crippen molar-refractivity contribution in [3.8, 4) is 11.4 Å². The molecule has 1 aromatic heterocycles. The van der Waals surface area contributed by atoms with Crippen molar-refractivity contribution in [3.05, 3.63) is 48.0 Å². The molecule has 126 valence electrons. The van der Waals surface area contributed by atoms with E-state index in [2.05, 4.69) is 16.9 Å². The Bertz CT molecular complexity index is 722. The molecule has 1 aromatic carbocycles. The Labute approximate surface area is 140 Å². The predicted octanol–water partition coefficient (Wildman–Crippen LogP) is 2.48. The molecule has 2 atom stereocenters. The fraction of sp³-hybridized carbons (Fsp3) is 0.389. The number of likely N-dealkylation sites (tertiary alicyclic amines) is 1. The molecule has 2 heterocycles. The van der Waals surface area contributed by atoms with E-state index in [1.807, 2.05) is 0 Å². The molecule has 1 aliphatic rings. The minimum absolute atomic E-state index is 0.0286. The number of piperidine rings is 1. The van der Waals surface area contributed by atoms with Crippen molar-refractivity contribution in [2.24, 2.45) is 11.7 Å². The maximum absolute atomic E-state index is 13.8. The molecule has 0 aliphatic carbocycles. The topological polar surface area (TPSA) is 72.1 Å². The van der Waals surface area contributed by atoms with Crippen LogP contribution >= 0.6 is 0 Å². The van der Waals surface area contributed by atoms with E-state index in [4.69, 9.17) is 5.73 Å². The van der Waals surface area contributed by atoms with Crippen LogP contribution in [-0.4, -0.2) is 39.9 Å².